The molecule has 6 heteroatoms. The molecule has 1 aliphatic carbocycles. The van der Waals surface area contributed by atoms with E-state index in [9.17, 15) is 14.7 Å². The molecule has 2 atom stereocenters. The van der Waals surface area contributed by atoms with E-state index in [4.69, 9.17) is 9.84 Å². The molecule has 2 aliphatic rings. The predicted octanol–water partition coefficient (Wildman–Crippen LogP) is 2.77. The molecule has 0 aromatic heterocycles. The van der Waals surface area contributed by atoms with Crippen LogP contribution in [-0.2, 0) is 10.2 Å². The molecule has 0 radical (unpaired) electrons. The van der Waals surface area contributed by atoms with Crippen molar-refractivity contribution >= 4 is 17.6 Å². The second-order valence-corrected chi connectivity index (χ2v) is 6.53. The Balaban J connectivity index is 1.55. The van der Waals surface area contributed by atoms with Gasteiger partial charge in [-0.1, -0.05) is 18.2 Å². The SMILES string of the molecule is O=C(O)c1cc(NC(=O)[C@@H]2C[C@]23CCOc2ccccc23)ccc1O. The number of rotatable bonds is 3. The standard InChI is InChI=1S/C19H17NO5/c21-15-6-5-11(9-12(15)18(23)24)20-17(22)14-10-19(14)7-8-25-16-4-2-1-3-13(16)19/h1-6,9,14,21H,7-8,10H2,(H,20,22)(H,23,24)/t14-,19-/m0/s1. The predicted molar refractivity (Wildman–Crippen MR) is 90.0 cm³/mol. The molecule has 25 heavy (non-hydrogen) atoms. The summed E-state index contributed by atoms with van der Waals surface area (Å²) in [4.78, 5) is 23.8. The molecule has 128 valence electrons. The quantitative estimate of drug-likeness (QED) is 0.747. The molecule has 2 aromatic carbocycles. The van der Waals surface area contributed by atoms with Gasteiger partial charge in [0.05, 0.1) is 6.61 Å². The first-order valence-electron chi connectivity index (χ1n) is 8.11. The van der Waals surface area contributed by atoms with Crippen LogP contribution in [0, 0.1) is 5.92 Å². The van der Waals surface area contributed by atoms with Gasteiger partial charge in [-0.05, 0) is 37.1 Å². The number of hydrogen-bond donors (Lipinski definition) is 3. The number of aromatic carboxylic acids is 1. The fourth-order valence-electron chi connectivity index (χ4n) is 3.72. The second kappa shape index (κ2) is 5.51. The molecule has 0 unspecified atom stereocenters. The number of carbonyl (C=O) groups excluding carboxylic acids is 1. The number of phenols is 1. The van der Waals surface area contributed by atoms with Gasteiger partial charge < -0.3 is 20.3 Å². The van der Waals surface area contributed by atoms with Crippen molar-refractivity contribution in [3.63, 3.8) is 0 Å². The summed E-state index contributed by atoms with van der Waals surface area (Å²) >= 11 is 0. The lowest BCUT2D eigenvalue weighted by Gasteiger charge is -2.26. The minimum atomic E-state index is -1.24. The largest absolute Gasteiger partial charge is 0.507 e. The minimum absolute atomic E-state index is 0.140. The zero-order valence-corrected chi connectivity index (χ0v) is 13.4. The van der Waals surface area contributed by atoms with Gasteiger partial charge in [0.25, 0.3) is 0 Å². The highest BCUT2D eigenvalue weighted by Gasteiger charge is 2.60. The number of carboxylic acid groups (broad SMARTS) is 1. The molecular formula is C19H17NO5. The Morgan fingerprint density at radius 1 is 1.20 bits per heavy atom. The average molecular weight is 339 g/mol. The van der Waals surface area contributed by atoms with E-state index in [-0.39, 0.29) is 28.6 Å². The van der Waals surface area contributed by atoms with Crippen LogP contribution in [0.1, 0.15) is 28.8 Å². The van der Waals surface area contributed by atoms with Crippen LogP contribution < -0.4 is 10.1 Å². The van der Waals surface area contributed by atoms with E-state index < -0.39 is 5.97 Å². The first kappa shape index (κ1) is 15.5. The van der Waals surface area contributed by atoms with Crippen molar-refractivity contribution in [2.24, 2.45) is 5.92 Å². The molecule has 1 spiro atoms. The topological polar surface area (TPSA) is 95.9 Å². The first-order valence-corrected chi connectivity index (χ1v) is 8.11. The van der Waals surface area contributed by atoms with Crippen molar-refractivity contribution in [1.82, 2.24) is 0 Å². The monoisotopic (exact) mass is 339 g/mol. The number of para-hydroxylation sites is 1. The summed E-state index contributed by atoms with van der Waals surface area (Å²) in [6, 6.07) is 11.8. The highest BCUT2D eigenvalue weighted by molar-refractivity contribution is 5.98. The summed E-state index contributed by atoms with van der Waals surface area (Å²) in [6.07, 6.45) is 1.54. The van der Waals surface area contributed by atoms with Crippen LogP contribution in [0.2, 0.25) is 0 Å². The zero-order chi connectivity index (χ0) is 17.6. The Bertz CT molecular complexity index is 878. The Hall–Kier alpha value is -3.02. The number of carbonyl (C=O) groups is 2. The zero-order valence-electron chi connectivity index (χ0n) is 13.4. The van der Waals surface area contributed by atoms with Gasteiger partial charge in [-0.3, -0.25) is 4.79 Å². The molecule has 1 aliphatic heterocycles. The Morgan fingerprint density at radius 3 is 2.80 bits per heavy atom. The number of aromatic hydroxyl groups is 1. The van der Waals surface area contributed by atoms with Gasteiger partial charge >= 0.3 is 5.97 Å². The average Bonchev–Trinajstić information content (AvgIpc) is 3.32. The number of hydrogen-bond acceptors (Lipinski definition) is 4. The molecule has 1 fully saturated rings. The number of nitrogens with one attached hydrogen (secondary N) is 1. The number of amides is 1. The van der Waals surface area contributed by atoms with Crippen LogP contribution >= 0.6 is 0 Å². The highest BCUT2D eigenvalue weighted by Crippen LogP contribution is 2.60. The Labute approximate surface area is 144 Å². The number of ether oxygens (including phenoxy) is 1. The van der Waals surface area contributed by atoms with Gasteiger partial charge in [0.15, 0.2) is 0 Å². The molecule has 2 aromatic rings. The maximum atomic E-state index is 12.7. The maximum Gasteiger partial charge on any atom is 0.339 e. The third-order valence-electron chi connectivity index (χ3n) is 5.12. The van der Waals surface area contributed by atoms with Gasteiger partial charge in [0, 0.05) is 22.6 Å². The summed E-state index contributed by atoms with van der Waals surface area (Å²) in [5.74, 6) is -1.04. The van der Waals surface area contributed by atoms with Crippen molar-refractivity contribution < 1.29 is 24.5 Å². The van der Waals surface area contributed by atoms with E-state index in [1.807, 2.05) is 24.3 Å². The summed E-state index contributed by atoms with van der Waals surface area (Å²) in [6.45, 7) is 0.586. The van der Waals surface area contributed by atoms with Crippen molar-refractivity contribution in [3.8, 4) is 11.5 Å². The van der Waals surface area contributed by atoms with Gasteiger partial charge in [-0.15, -0.1) is 0 Å². The third kappa shape index (κ3) is 2.50. The van der Waals surface area contributed by atoms with E-state index in [0.29, 0.717) is 12.3 Å². The first-order chi connectivity index (χ1) is 12.0. The fraction of sp³-hybridized carbons (Fsp3) is 0.263. The van der Waals surface area contributed by atoms with Crippen LogP contribution in [-0.4, -0.2) is 28.7 Å². The Kier molecular flexibility index (Phi) is 3.42. The second-order valence-electron chi connectivity index (χ2n) is 6.53. The molecule has 6 nitrogen and oxygen atoms in total. The highest BCUT2D eigenvalue weighted by atomic mass is 16.5. The molecular weight excluding hydrogens is 322 g/mol. The maximum absolute atomic E-state index is 12.7. The number of benzene rings is 2. The van der Waals surface area contributed by atoms with Crippen LogP contribution in [0.5, 0.6) is 11.5 Å². The van der Waals surface area contributed by atoms with E-state index >= 15 is 0 Å². The van der Waals surface area contributed by atoms with Gasteiger partial charge in [0.2, 0.25) is 5.91 Å². The summed E-state index contributed by atoms with van der Waals surface area (Å²) in [5.41, 5.74) is 1.01. The fourth-order valence-corrected chi connectivity index (χ4v) is 3.72. The van der Waals surface area contributed by atoms with E-state index in [0.717, 1.165) is 24.2 Å². The minimum Gasteiger partial charge on any atom is -0.507 e. The van der Waals surface area contributed by atoms with Crippen molar-refractivity contribution in [2.45, 2.75) is 18.3 Å². The lowest BCUT2D eigenvalue weighted by molar-refractivity contribution is -0.117. The molecule has 1 amide bonds. The molecule has 1 heterocycles. The number of carboxylic acids is 1. The summed E-state index contributed by atoms with van der Waals surface area (Å²) in [7, 11) is 0. The molecule has 1 saturated carbocycles. The number of anilines is 1. The third-order valence-corrected chi connectivity index (χ3v) is 5.12. The van der Waals surface area contributed by atoms with Crippen LogP contribution in [0.3, 0.4) is 0 Å². The lowest BCUT2D eigenvalue weighted by atomic mass is 9.87. The molecule has 3 N–H and O–H groups in total. The summed E-state index contributed by atoms with van der Waals surface area (Å²) < 4.78 is 5.68. The number of fused-ring (bicyclic) bond motifs is 2. The normalized spacial score (nSPS) is 23.4. The molecule has 0 saturated heterocycles. The van der Waals surface area contributed by atoms with Crippen LogP contribution in [0.25, 0.3) is 0 Å². The van der Waals surface area contributed by atoms with E-state index in [1.54, 1.807) is 0 Å². The summed E-state index contributed by atoms with van der Waals surface area (Å²) in [5, 5.41) is 21.4. The smallest absolute Gasteiger partial charge is 0.339 e. The van der Waals surface area contributed by atoms with E-state index in [2.05, 4.69) is 5.32 Å². The van der Waals surface area contributed by atoms with Gasteiger partial charge in [0.1, 0.15) is 17.1 Å². The van der Waals surface area contributed by atoms with Crippen LogP contribution in [0.15, 0.2) is 42.5 Å². The van der Waals surface area contributed by atoms with Crippen molar-refractivity contribution in [3.05, 3.63) is 53.6 Å². The molecule has 4 rings (SSSR count). The van der Waals surface area contributed by atoms with Crippen molar-refractivity contribution in [2.75, 3.05) is 11.9 Å². The van der Waals surface area contributed by atoms with Crippen LogP contribution in [0.4, 0.5) is 5.69 Å². The van der Waals surface area contributed by atoms with E-state index in [1.165, 1.54) is 18.2 Å². The Morgan fingerprint density at radius 2 is 2.00 bits per heavy atom. The lowest BCUT2D eigenvalue weighted by Crippen LogP contribution is -2.26. The van der Waals surface area contributed by atoms with Gasteiger partial charge in [-0.25, -0.2) is 4.79 Å². The van der Waals surface area contributed by atoms with Gasteiger partial charge in [-0.2, -0.15) is 0 Å². The van der Waals surface area contributed by atoms with Crippen molar-refractivity contribution in [1.29, 1.82) is 0 Å². The molecule has 0 bridgehead atoms.